The van der Waals surface area contributed by atoms with Crippen molar-refractivity contribution >= 4 is 12.0 Å². The molecule has 1 rings (SSSR count). The molecule has 1 atom stereocenters. The minimum atomic E-state index is -0.790. The number of likely N-dealkylation sites (tertiary alicyclic amines) is 1. The van der Waals surface area contributed by atoms with Crippen LogP contribution in [0.3, 0.4) is 0 Å². The third kappa shape index (κ3) is 4.37. The van der Waals surface area contributed by atoms with E-state index in [-0.39, 0.29) is 6.03 Å². The number of amides is 2. The number of carboxylic acids is 1. The number of urea groups is 1. The largest absolute Gasteiger partial charge is 0.481 e. The summed E-state index contributed by atoms with van der Waals surface area (Å²) in [7, 11) is 4.05. The van der Waals surface area contributed by atoms with Crippen LogP contribution in [-0.2, 0) is 4.79 Å². The molecule has 0 saturated carbocycles. The van der Waals surface area contributed by atoms with Gasteiger partial charge < -0.3 is 20.2 Å². The van der Waals surface area contributed by atoms with Gasteiger partial charge in [0.2, 0.25) is 0 Å². The zero-order valence-corrected chi connectivity index (χ0v) is 12.8. The molecule has 0 bridgehead atoms. The van der Waals surface area contributed by atoms with Crippen LogP contribution in [0.25, 0.3) is 0 Å². The number of hydrogen-bond donors (Lipinski definition) is 2. The van der Waals surface area contributed by atoms with Crippen molar-refractivity contribution in [1.82, 2.24) is 15.1 Å². The molecule has 20 heavy (non-hydrogen) atoms. The summed E-state index contributed by atoms with van der Waals surface area (Å²) in [5.41, 5.74) is -0.748. The molecule has 1 heterocycles. The SMILES string of the molecule is CCC1(C(=O)O)CCN(C(=O)NCCCCN(C)C)C1. The molecule has 0 aliphatic carbocycles. The lowest BCUT2D eigenvalue weighted by atomic mass is 9.84. The van der Waals surface area contributed by atoms with E-state index < -0.39 is 11.4 Å². The highest BCUT2D eigenvalue weighted by Crippen LogP contribution is 2.34. The number of carbonyl (C=O) groups is 2. The molecule has 0 aromatic carbocycles. The van der Waals surface area contributed by atoms with Crippen molar-refractivity contribution in [3.05, 3.63) is 0 Å². The van der Waals surface area contributed by atoms with E-state index in [0.29, 0.717) is 32.5 Å². The Morgan fingerprint density at radius 2 is 2.05 bits per heavy atom. The van der Waals surface area contributed by atoms with Crippen LogP contribution < -0.4 is 5.32 Å². The zero-order valence-electron chi connectivity index (χ0n) is 12.8. The lowest BCUT2D eigenvalue weighted by molar-refractivity contribution is -0.148. The summed E-state index contributed by atoms with van der Waals surface area (Å²) in [6.07, 6.45) is 3.10. The molecule has 0 aromatic heterocycles. The highest BCUT2D eigenvalue weighted by molar-refractivity contribution is 5.79. The average molecular weight is 285 g/mol. The molecule has 1 unspecified atom stereocenters. The molecule has 1 aliphatic rings. The first-order valence-electron chi connectivity index (χ1n) is 7.32. The van der Waals surface area contributed by atoms with E-state index in [1.165, 1.54) is 0 Å². The zero-order chi connectivity index (χ0) is 15.2. The standard InChI is InChI=1S/C14H27N3O3/c1-4-14(12(18)19)7-10-17(11-14)13(20)15-8-5-6-9-16(2)3/h4-11H2,1-3H3,(H,15,20)(H,18,19). The predicted octanol–water partition coefficient (Wildman–Crippen LogP) is 1.22. The summed E-state index contributed by atoms with van der Waals surface area (Å²) in [6, 6.07) is -0.133. The fraction of sp³-hybridized carbons (Fsp3) is 0.857. The fourth-order valence-electron chi connectivity index (χ4n) is 2.52. The van der Waals surface area contributed by atoms with Gasteiger partial charge in [-0.1, -0.05) is 6.92 Å². The van der Waals surface area contributed by atoms with E-state index in [4.69, 9.17) is 0 Å². The minimum Gasteiger partial charge on any atom is -0.481 e. The van der Waals surface area contributed by atoms with Crippen LogP contribution >= 0.6 is 0 Å². The number of unbranched alkanes of at least 4 members (excludes halogenated alkanes) is 1. The summed E-state index contributed by atoms with van der Waals surface area (Å²) >= 11 is 0. The Labute approximate surface area is 121 Å². The predicted molar refractivity (Wildman–Crippen MR) is 77.7 cm³/mol. The van der Waals surface area contributed by atoms with E-state index in [1.54, 1.807) is 4.90 Å². The van der Waals surface area contributed by atoms with Crippen molar-refractivity contribution in [2.75, 3.05) is 40.3 Å². The molecular formula is C14H27N3O3. The highest BCUT2D eigenvalue weighted by atomic mass is 16.4. The first-order chi connectivity index (χ1) is 9.41. The summed E-state index contributed by atoms with van der Waals surface area (Å²) in [6.45, 7) is 4.38. The normalized spacial score (nSPS) is 22.3. The van der Waals surface area contributed by atoms with Gasteiger partial charge in [0.15, 0.2) is 0 Å². The second-order valence-electron chi connectivity index (χ2n) is 5.85. The number of aliphatic carboxylic acids is 1. The quantitative estimate of drug-likeness (QED) is 0.690. The van der Waals surface area contributed by atoms with E-state index in [0.717, 1.165) is 19.4 Å². The van der Waals surface area contributed by atoms with Crippen molar-refractivity contribution in [2.45, 2.75) is 32.6 Å². The van der Waals surface area contributed by atoms with E-state index in [9.17, 15) is 14.7 Å². The number of nitrogens with zero attached hydrogens (tertiary/aromatic N) is 2. The van der Waals surface area contributed by atoms with Crippen molar-refractivity contribution in [2.24, 2.45) is 5.41 Å². The third-order valence-corrected chi connectivity index (χ3v) is 4.08. The maximum absolute atomic E-state index is 12.0. The van der Waals surface area contributed by atoms with Gasteiger partial charge in [-0.05, 0) is 46.3 Å². The fourth-order valence-corrected chi connectivity index (χ4v) is 2.52. The Hall–Kier alpha value is -1.30. The Bertz CT molecular complexity index is 347. The first kappa shape index (κ1) is 16.8. The highest BCUT2D eigenvalue weighted by Gasteiger charge is 2.44. The number of nitrogens with one attached hydrogen (secondary N) is 1. The van der Waals surface area contributed by atoms with Gasteiger partial charge in [0.05, 0.1) is 5.41 Å². The molecule has 1 aliphatic heterocycles. The average Bonchev–Trinajstić information content (AvgIpc) is 2.83. The van der Waals surface area contributed by atoms with Crippen molar-refractivity contribution < 1.29 is 14.7 Å². The second kappa shape index (κ2) is 7.47. The summed E-state index contributed by atoms with van der Waals surface area (Å²) < 4.78 is 0. The van der Waals surface area contributed by atoms with Gasteiger partial charge in [-0.2, -0.15) is 0 Å². The van der Waals surface area contributed by atoms with E-state index in [2.05, 4.69) is 10.2 Å². The molecule has 1 saturated heterocycles. The number of carbonyl (C=O) groups excluding carboxylic acids is 1. The van der Waals surface area contributed by atoms with Gasteiger partial charge in [-0.15, -0.1) is 0 Å². The monoisotopic (exact) mass is 285 g/mol. The van der Waals surface area contributed by atoms with Gasteiger partial charge >= 0.3 is 12.0 Å². The van der Waals surface area contributed by atoms with Crippen LogP contribution in [0, 0.1) is 5.41 Å². The van der Waals surface area contributed by atoms with E-state index in [1.807, 2.05) is 21.0 Å². The second-order valence-corrected chi connectivity index (χ2v) is 5.85. The molecule has 0 aromatic rings. The maximum atomic E-state index is 12.0. The number of hydrogen-bond acceptors (Lipinski definition) is 3. The van der Waals surface area contributed by atoms with Gasteiger partial charge in [-0.25, -0.2) is 4.79 Å². The maximum Gasteiger partial charge on any atom is 0.317 e. The molecule has 6 nitrogen and oxygen atoms in total. The molecular weight excluding hydrogens is 258 g/mol. The van der Waals surface area contributed by atoms with Crippen molar-refractivity contribution in [3.8, 4) is 0 Å². The van der Waals surface area contributed by atoms with Crippen molar-refractivity contribution in [1.29, 1.82) is 0 Å². The summed E-state index contributed by atoms with van der Waals surface area (Å²) in [5, 5.41) is 12.2. The van der Waals surface area contributed by atoms with Crippen LogP contribution in [0.1, 0.15) is 32.6 Å². The molecule has 2 amide bonds. The van der Waals surface area contributed by atoms with Crippen LogP contribution in [-0.4, -0.2) is 67.2 Å². The molecule has 116 valence electrons. The van der Waals surface area contributed by atoms with Gasteiger partial charge in [-0.3, -0.25) is 4.79 Å². The van der Waals surface area contributed by atoms with Gasteiger partial charge in [0.1, 0.15) is 0 Å². The van der Waals surface area contributed by atoms with Gasteiger partial charge in [0, 0.05) is 19.6 Å². The van der Waals surface area contributed by atoms with Crippen LogP contribution in [0.15, 0.2) is 0 Å². The Morgan fingerprint density at radius 3 is 2.55 bits per heavy atom. The van der Waals surface area contributed by atoms with Crippen LogP contribution in [0.2, 0.25) is 0 Å². The Balaban J connectivity index is 2.30. The smallest absolute Gasteiger partial charge is 0.317 e. The molecule has 2 N–H and O–H groups in total. The van der Waals surface area contributed by atoms with Crippen LogP contribution in [0.4, 0.5) is 4.79 Å². The first-order valence-corrected chi connectivity index (χ1v) is 7.32. The topological polar surface area (TPSA) is 72.9 Å². The van der Waals surface area contributed by atoms with Crippen LogP contribution in [0.5, 0.6) is 0 Å². The molecule has 1 fully saturated rings. The van der Waals surface area contributed by atoms with Crippen molar-refractivity contribution in [3.63, 3.8) is 0 Å². The number of rotatable bonds is 7. The third-order valence-electron chi connectivity index (χ3n) is 4.08. The van der Waals surface area contributed by atoms with E-state index >= 15 is 0 Å². The minimum absolute atomic E-state index is 0.133. The lowest BCUT2D eigenvalue weighted by Gasteiger charge is -2.23. The lowest BCUT2D eigenvalue weighted by Crippen LogP contribution is -2.41. The molecule has 6 heteroatoms. The molecule has 0 radical (unpaired) electrons. The number of carboxylic acid groups (broad SMARTS) is 1. The summed E-state index contributed by atoms with van der Waals surface area (Å²) in [5.74, 6) is -0.790. The summed E-state index contributed by atoms with van der Waals surface area (Å²) in [4.78, 5) is 27.0. The Kier molecular flexibility index (Phi) is 6.26. The van der Waals surface area contributed by atoms with Gasteiger partial charge in [0.25, 0.3) is 0 Å². The molecule has 0 spiro atoms. The Morgan fingerprint density at radius 1 is 1.35 bits per heavy atom.